The van der Waals surface area contributed by atoms with Gasteiger partial charge in [-0.25, -0.2) is 0 Å². The smallest absolute Gasteiger partial charge is 0.239 e. The van der Waals surface area contributed by atoms with Gasteiger partial charge in [0.05, 0.1) is 13.1 Å². The summed E-state index contributed by atoms with van der Waals surface area (Å²) in [5.41, 5.74) is 2.41. The van der Waals surface area contributed by atoms with Crippen LogP contribution < -0.4 is 5.32 Å². The first kappa shape index (κ1) is 15.5. The maximum absolute atomic E-state index is 12.2. The number of piperazine rings is 1. The minimum atomic E-state index is -0.0798. The van der Waals surface area contributed by atoms with E-state index in [1.165, 1.54) is 11.1 Å². The molecule has 5 nitrogen and oxygen atoms in total. The summed E-state index contributed by atoms with van der Waals surface area (Å²) in [6.07, 6.45) is 0. The van der Waals surface area contributed by atoms with Gasteiger partial charge < -0.3 is 10.2 Å². The summed E-state index contributed by atoms with van der Waals surface area (Å²) in [5, 5.41) is 2.73. The molecule has 21 heavy (non-hydrogen) atoms. The van der Waals surface area contributed by atoms with Crippen molar-refractivity contribution in [3.63, 3.8) is 0 Å². The number of nitrogens with zero attached hydrogens (tertiary/aromatic N) is 2. The molecular weight excluding hydrogens is 266 g/mol. The lowest BCUT2D eigenvalue weighted by molar-refractivity contribution is -0.139. The molecule has 1 aliphatic rings. The molecule has 0 aromatic heterocycles. The standard InChI is InChI=1S/C16H23N3O2/c1-12-4-6-14(7-5-12)13(2)18(3)11-16(21)19-9-8-17-15(20)10-19/h4-7,13H,8-11H2,1-3H3,(H,17,20)/t13-/m0/s1. The lowest BCUT2D eigenvalue weighted by atomic mass is 10.1. The first-order chi connectivity index (χ1) is 9.97. The van der Waals surface area contributed by atoms with E-state index in [0.29, 0.717) is 19.6 Å². The summed E-state index contributed by atoms with van der Waals surface area (Å²) in [7, 11) is 1.94. The Morgan fingerprint density at radius 3 is 2.67 bits per heavy atom. The highest BCUT2D eigenvalue weighted by Crippen LogP contribution is 2.19. The second-order valence-corrected chi connectivity index (χ2v) is 5.67. The Morgan fingerprint density at radius 1 is 1.38 bits per heavy atom. The van der Waals surface area contributed by atoms with Crippen LogP contribution in [0.1, 0.15) is 24.1 Å². The summed E-state index contributed by atoms with van der Waals surface area (Å²) < 4.78 is 0. The van der Waals surface area contributed by atoms with Crippen LogP contribution >= 0.6 is 0 Å². The number of hydrogen-bond donors (Lipinski definition) is 1. The lowest BCUT2D eigenvalue weighted by Gasteiger charge is -2.30. The van der Waals surface area contributed by atoms with Gasteiger partial charge in [-0.1, -0.05) is 29.8 Å². The summed E-state index contributed by atoms with van der Waals surface area (Å²) in [5.74, 6) is -0.0739. The molecule has 2 amide bonds. The largest absolute Gasteiger partial charge is 0.353 e. The molecule has 1 aliphatic heterocycles. The Hall–Kier alpha value is -1.88. The zero-order valence-electron chi connectivity index (χ0n) is 12.9. The Balaban J connectivity index is 1.93. The van der Waals surface area contributed by atoms with Crippen molar-refractivity contribution >= 4 is 11.8 Å². The maximum atomic E-state index is 12.2. The number of hydrogen-bond acceptors (Lipinski definition) is 3. The fourth-order valence-electron chi connectivity index (χ4n) is 2.40. The average molecular weight is 289 g/mol. The molecule has 114 valence electrons. The Bertz CT molecular complexity index is 513. The third-order valence-electron chi connectivity index (χ3n) is 4.00. The minimum absolute atomic E-state index is 0.00584. The highest BCUT2D eigenvalue weighted by atomic mass is 16.2. The highest BCUT2D eigenvalue weighted by Gasteiger charge is 2.23. The molecule has 2 rings (SSSR count). The van der Waals surface area contributed by atoms with Crippen LogP contribution in [0.4, 0.5) is 0 Å². The summed E-state index contributed by atoms with van der Waals surface area (Å²) in [6.45, 7) is 5.77. The van der Waals surface area contributed by atoms with Gasteiger partial charge in [-0.3, -0.25) is 14.5 Å². The molecule has 0 spiro atoms. The molecule has 0 unspecified atom stereocenters. The first-order valence-corrected chi connectivity index (χ1v) is 7.28. The van der Waals surface area contributed by atoms with E-state index in [1.807, 2.05) is 11.9 Å². The Labute approximate surface area is 125 Å². The molecule has 1 atom stereocenters. The van der Waals surface area contributed by atoms with Crippen LogP contribution in [0.15, 0.2) is 24.3 Å². The van der Waals surface area contributed by atoms with E-state index < -0.39 is 0 Å². The second-order valence-electron chi connectivity index (χ2n) is 5.67. The van der Waals surface area contributed by atoms with Crippen molar-refractivity contribution in [3.05, 3.63) is 35.4 Å². The predicted octanol–water partition coefficient (Wildman–Crippen LogP) is 0.946. The van der Waals surface area contributed by atoms with Gasteiger partial charge in [-0.15, -0.1) is 0 Å². The number of likely N-dealkylation sites (N-methyl/N-ethyl adjacent to an activating group) is 1. The summed E-state index contributed by atoms with van der Waals surface area (Å²) in [4.78, 5) is 27.2. The predicted molar refractivity (Wildman–Crippen MR) is 81.8 cm³/mol. The molecule has 1 fully saturated rings. The maximum Gasteiger partial charge on any atom is 0.239 e. The number of aryl methyl sites for hydroxylation is 1. The van der Waals surface area contributed by atoms with Crippen LogP contribution in [0.25, 0.3) is 0 Å². The molecule has 1 aromatic rings. The van der Waals surface area contributed by atoms with Gasteiger partial charge in [0.25, 0.3) is 0 Å². The molecule has 1 N–H and O–H groups in total. The normalized spacial score (nSPS) is 16.8. The zero-order chi connectivity index (χ0) is 15.4. The van der Waals surface area contributed by atoms with Gasteiger partial charge in [-0.05, 0) is 26.5 Å². The molecule has 0 radical (unpaired) electrons. The molecule has 1 aromatic carbocycles. The number of nitrogens with one attached hydrogen (secondary N) is 1. The molecule has 1 saturated heterocycles. The van der Waals surface area contributed by atoms with Crippen molar-refractivity contribution in [1.82, 2.24) is 15.1 Å². The number of benzene rings is 1. The van der Waals surface area contributed by atoms with Crippen LogP contribution in [-0.4, -0.2) is 54.8 Å². The SMILES string of the molecule is Cc1ccc([C@H](C)N(C)CC(=O)N2CCNC(=O)C2)cc1. The van der Waals surface area contributed by atoms with Gasteiger partial charge in [0.1, 0.15) is 0 Å². The van der Waals surface area contributed by atoms with E-state index in [9.17, 15) is 9.59 Å². The molecule has 0 bridgehead atoms. The van der Waals surface area contributed by atoms with Crippen LogP contribution in [0.2, 0.25) is 0 Å². The van der Waals surface area contributed by atoms with Crippen LogP contribution in [-0.2, 0) is 9.59 Å². The van der Waals surface area contributed by atoms with E-state index in [1.54, 1.807) is 4.90 Å². The van der Waals surface area contributed by atoms with Gasteiger partial charge in [0, 0.05) is 19.1 Å². The first-order valence-electron chi connectivity index (χ1n) is 7.28. The molecule has 1 heterocycles. The summed E-state index contributed by atoms with van der Waals surface area (Å²) >= 11 is 0. The van der Waals surface area contributed by atoms with E-state index in [4.69, 9.17) is 0 Å². The fraction of sp³-hybridized carbons (Fsp3) is 0.500. The van der Waals surface area contributed by atoms with Gasteiger partial charge in [-0.2, -0.15) is 0 Å². The molecule has 5 heteroatoms. The van der Waals surface area contributed by atoms with E-state index in [2.05, 4.69) is 43.4 Å². The van der Waals surface area contributed by atoms with Crippen molar-refractivity contribution < 1.29 is 9.59 Å². The highest BCUT2D eigenvalue weighted by molar-refractivity contribution is 5.86. The van der Waals surface area contributed by atoms with E-state index in [0.717, 1.165) is 0 Å². The minimum Gasteiger partial charge on any atom is -0.353 e. The Morgan fingerprint density at radius 2 is 2.05 bits per heavy atom. The summed E-state index contributed by atoms with van der Waals surface area (Å²) in [6, 6.07) is 8.51. The van der Waals surface area contributed by atoms with Crippen LogP contribution in [0.5, 0.6) is 0 Å². The van der Waals surface area contributed by atoms with Crippen molar-refractivity contribution in [2.45, 2.75) is 19.9 Å². The number of carbonyl (C=O) groups is 2. The van der Waals surface area contributed by atoms with Crippen molar-refractivity contribution in [1.29, 1.82) is 0 Å². The second kappa shape index (κ2) is 6.72. The zero-order valence-corrected chi connectivity index (χ0v) is 12.9. The Kier molecular flexibility index (Phi) is 4.96. The fourth-order valence-corrected chi connectivity index (χ4v) is 2.40. The van der Waals surface area contributed by atoms with Gasteiger partial charge >= 0.3 is 0 Å². The number of rotatable bonds is 4. The molecule has 0 aliphatic carbocycles. The number of carbonyl (C=O) groups excluding carboxylic acids is 2. The topological polar surface area (TPSA) is 52.7 Å². The third-order valence-corrected chi connectivity index (χ3v) is 4.00. The number of amides is 2. The van der Waals surface area contributed by atoms with Crippen molar-refractivity contribution in [3.8, 4) is 0 Å². The van der Waals surface area contributed by atoms with Crippen molar-refractivity contribution in [2.75, 3.05) is 33.2 Å². The van der Waals surface area contributed by atoms with Gasteiger partial charge in [0.15, 0.2) is 0 Å². The average Bonchev–Trinajstić information content (AvgIpc) is 2.47. The monoisotopic (exact) mass is 289 g/mol. The molecular formula is C16H23N3O2. The van der Waals surface area contributed by atoms with Crippen molar-refractivity contribution in [2.24, 2.45) is 0 Å². The van der Waals surface area contributed by atoms with E-state index >= 15 is 0 Å². The van der Waals surface area contributed by atoms with Crippen LogP contribution in [0, 0.1) is 6.92 Å². The quantitative estimate of drug-likeness (QED) is 0.898. The molecule has 0 saturated carbocycles. The third kappa shape index (κ3) is 4.04. The van der Waals surface area contributed by atoms with Gasteiger partial charge in [0.2, 0.25) is 11.8 Å². The van der Waals surface area contributed by atoms with E-state index in [-0.39, 0.29) is 24.4 Å². The van der Waals surface area contributed by atoms with Crippen LogP contribution in [0.3, 0.4) is 0 Å². The lowest BCUT2D eigenvalue weighted by Crippen LogP contribution is -2.52.